The standard InChI is InChI=1S/C13H9.C13H10.C11H11.2ClH.Zr/c1-3-7-12-10(5-1)9-11-6-2-4-8-13(11)12;1-3-7-12(8-4-1)11-13-9-5-2-6-10-13;1-8-6-10-5-3-4-9(2)11(10)7-8;;;/h1-9H;1-10H;3-7H,1-2H3;2*1H;/q-1;;-1;;;+2/p-2. The summed E-state index contributed by atoms with van der Waals surface area (Å²) in [5, 5.41) is 8.15. The van der Waals surface area contributed by atoms with Gasteiger partial charge < -0.3 is 24.8 Å². The van der Waals surface area contributed by atoms with Gasteiger partial charge >= 0.3 is 99.2 Å². The topological polar surface area (TPSA) is 0 Å². The third kappa shape index (κ3) is 7.55. The average Bonchev–Trinajstić information content (AvgIpc) is 3.55. The Labute approximate surface area is 264 Å². The van der Waals surface area contributed by atoms with Gasteiger partial charge in [-0.05, 0) is 6.92 Å². The maximum absolute atomic E-state index is 2.24. The summed E-state index contributed by atoms with van der Waals surface area (Å²) in [4.78, 5) is 0. The minimum Gasteiger partial charge on any atom is -0.126 e. The normalized spacial score (nSPS) is 10.0. The molecule has 0 aliphatic carbocycles. The summed E-state index contributed by atoms with van der Waals surface area (Å²) in [6.45, 7) is 4.29. The van der Waals surface area contributed by atoms with Crippen molar-refractivity contribution in [2.75, 3.05) is 0 Å². The van der Waals surface area contributed by atoms with E-state index in [1.54, 1.807) is 0 Å². The molecule has 0 atom stereocenters. The number of rotatable bonds is 2. The second-order valence-electron chi connectivity index (χ2n) is 9.54. The molecule has 0 aliphatic rings. The predicted molar refractivity (Wildman–Crippen MR) is 162 cm³/mol. The third-order valence-electron chi connectivity index (χ3n) is 6.76. The zero-order valence-electron chi connectivity index (χ0n) is 22.6. The van der Waals surface area contributed by atoms with Crippen molar-refractivity contribution in [3.8, 4) is 0 Å². The fourth-order valence-electron chi connectivity index (χ4n) is 4.82. The Hall–Kier alpha value is -3.09. The smallest absolute Gasteiger partial charge is 0.0771 e. The first-order valence-corrected chi connectivity index (χ1v) is 14.2. The molecule has 0 amide bonds. The van der Waals surface area contributed by atoms with E-state index < -0.39 is 0 Å². The molecule has 198 valence electrons. The molecule has 7 aromatic rings. The molecule has 0 saturated carbocycles. The molecular weight excluding hydrogens is 607 g/mol. The first kappa shape index (κ1) is 31.4. The average molecular weight is 637 g/mol. The molecule has 0 fully saturated rings. The summed E-state index contributed by atoms with van der Waals surface area (Å²) >= 11 is 1.46. The molecule has 0 unspecified atom stereocenters. The van der Waals surface area contributed by atoms with Gasteiger partial charge in [-0.25, -0.2) is 0 Å². The second kappa shape index (κ2) is 15.1. The van der Waals surface area contributed by atoms with Crippen LogP contribution in [0.2, 0.25) is 0 Å². The van der Waals surface area contributed by atoms with Crippen LogP contribution in [0, 0.1) is 13.8 Å². The SMILES string of the molecule is Cc1cc2c(C)cccc2[cH-]1.[Cl-].[Cl-].[Zr+2]=[C](c1ccccc1)c1ccccc1.c1ccc2c(c1)[cH-]c1ccccc12. The van der Waals surface area contributed by atoms with Crippen molar-refractivity contribution in [3.05, 3.63) is 168 Å². The number of benzene rings is 5. The van der Waals surface area contributed by atoms with E-state index in [1.165, 1.54) is 82.0 Å². The Kier molecular flexibility index (Phi) is 11.8. The summed E-state index contributed by atoms with van der Waals surface area (Å²) in [5.41, 5.74) is 5.39. The van der Waals surface area contributed by atoms with Gasteiger partial charge in [0.2, 0.25) is 0 Å². The summed E-state index contributed by atoms with van der Waals surface area (Å²) in [6.07, 6.45) is 0. The van der Waals surface area contributed by atoms with Gasteiger partial charge in [0.15, 0.2) is 0 Å². The molecule has 7 aromatic carbocycles. The van der Waals surface area contributed by atoms with E-state index in [-0.39, 0.29) is 24.8 Å². The number of hydrogen-bond acceptors (Lipinski definition) is 0. The van der Waals surface area contributed by atoms with Crippen LogP contribution < -0.4 is 24.8 Å². The van der Waals surface area contributed by atoms with Crippen molar-refractivity contribution in [2.45, 2.75) is 13.8 Å². The van der Waals surface area contributed by atoms with Crippen LogP contribution in [0.1, 0.15) is 22.3 Å². The summed E-state index contributed by atoms with van der Waals surface area (Å²) in [7, 11) is 0. The van der Waals surface area contributed by atoms with Gasteiger partial charge in [-0.2, -0.15) is 6.07 Å². The molecule has 3 heteroatoms. The molecule has 0 radical (unpaired) electrons. The molecule has 0 spiro atoms. The zero-order valence-corrected chi connectivity index (χ0v) is 26.6. The van der Waals surface area contributed by atoms with Gasteiger partial charge in [0.1, 0.15) is 0 Å². The molecule has 0 saturated heterocycles. The minimum absolute atomic E-state index is 0. The van der Waals surface area contributed by atoms with Crippen molar-refractivity contribution in [2.24, 2.45) is 0 Å². The maximum Gasteiger partial charge on any atom is -0.0771 e. The molecular formula is C37H30Cl2Zr-2. The van der Waals surface area contributed by atoms with Gasteiger partial charge in [0, 0.05) is 0 Å². The number of hydrogen-bond donors (Lipinski definition) is 0. The van der Waals surface area contributed by atoms with Gasteiger partial charge in [-0.15, -0.1) is 74.3 Å². The van der Waals surface area contributed by atoms with Gasteiger partial charge in [-0.1, -0.05) is 55.0 Å². The van der Waals surface area contributed by atoms with Gasteiger partial charge in [-0.3, -0.25) is 0 Å². The Morgan fingerprint density at radius 2 is 0.900 bits per heavy atom. The van der Waals surface area contributed by atoms with Crippen LogP contribution >= 0.6 is 0 Å². The fourth-order valence-corrected chi connectivity index (χ4v) is 5.64. The second-order valence-corrected chi connectivity index (χ2v) is 10.8. The molecule has 40 heavy (non-hydrogen) atoms. The van der Waals surface area contributed by atoms with Crippen molar-refractivity contribution >= 4 is 35.5 Å². The van der Waals surface area contributed by atoms with Crippen LogP contribution in [0.3, 0.4) is 0 Å². The summed E-state index contributed by atoms with van der Waals surface area (Å²) in [6, 6.07) is 51.3. The molecule has 0 aliphatic heterocycles. The quantitative estimate of drug-likeness (QED) is 0.254. The van der Waals surface area contributed by atoms with E-state index in [4.69, 9.17) is 0 Å². The summed E-state index contributed by atoms with van der Waals surface area (Å²) < 4.78 is 1.42. The van der Waals surface area contributed by atoms with E-state index in [9.17, 15) is 0 Å². The number of aryl methyl sites for hydroxylation is 2. The third-order valence-corrected chi connectivity index (χ3v) is 8.18. The molecule has 0 heterocycles. The van der Waals surface area contributed by atoms with Crippen molar-refractivity contribution < 1.29 is 49.0 Å². The fraction of sp³-hybridized carbons (Fsp3) is 0.0541. The number of fused-ring (bicyclic) bond motifs is 4. The van der Waals surface area contributed by atoms with Gasteiger partial charge in [0.05, 0.1) is 0 Å². The van der Waals surface area contributed by atoms with Crippen LogP contribution in [0.15, 0.2) is 146 Å². The Bertz CT molecular complexity index is 1700. The molecule has 7 rings (SSSR count). The van der Waals surface area contributed by atoms with E-state index in [1.807, 2.05) is 0 Å². The Balaban J connectivity index is 0.000000162. The Morgan fingerprint density at radius 1 is 0.475 bits per heavy atom. The molecule has 0 bridgehead atoms. The number of halogens is 2. The monoisotopic (exact) mass is 634 g/mol. The van der Waals surface area contributed by atoms with Crippen molar-refractivity contribution in [1.29, 1.82) is 0 Å². The molecule has 0 nitrogen and oxygen atoms in total. The van der Waals surface area contributed by atoms with Crippen molar-refractivity contribution in [1.82, 2.24) is 0 Å². The maximum atomic E-state index is 2.24. The van der Waals surface area contributed by atoms with E-state index in [0.717, 1.165) is 0 Å². The predicted octanol–water partition coefficient (Wildman–Crippen LogP) is 3.70. The van der Waals surface area contributed by atoms with Crippen LogP contribution in [-0.2, 0) is 24.2 Å². The molecule has 0 N–H and O–H groups in total. The van der Waals surface area contributed by atoms with E-state index in [0.29, 0.717) is 0 Å². The van der Waals surface area contributed by atoms with E-state index in [2.05, 4.69) is 159 Å². The van der Waals surface area contributed by atoms with Crippen molar-refractivity contribution in [3.63, 3.8) is 0 Å². The van der Waals surface area contributed by atoms with Crippen LogP contribution in [0.25, 0.3) is 32.3 Å². The van der Waals surface area contributed by atoms with Crippen LogP contribution in [-0.4, -0.2) is 3.21 Å². The minimum atomic E-state index is 0. The largest absolute Gasteiger partial charge is 0.126 e. The summed E-state index contributed by atoms with van der Waals surface area (Å²) in [5.74, 6) is 0. The first-order valence-electron chi connectivity index (χ1n) is 13.0. The van der Waals surface area contributed by atoms with E-state index >= 15 is 0 Å². The molecule has 0 aromatic heterocycles. The first-order chi connectivity index (χ1) is 18.6. The van der Waals surface area contributed by atoms with Crippen LogP contribution in [0.4, 0.5) is 0 Å². The van der Waals surface area contributed by atoms with Crippen LogP contribution in [0.5, 0.6) is 0 Å². The Morgan fingerprint density at radius 3 is 1.40 bits per heavy atom. The van der Waals surface area contributed by atoms with Gasteiger partial charge in [0.25, 0.3) is 0 Å². The zero-order chi connectivity index (χ0) is 26.3.